The van der Waals surface area contributed by atoms with Gasteiger partial charge in [-0.15, -0.1) is 0 Å². The molecule has 0 unspecified atom stereocenters. The Labute approximate surface area is 192 Å². The van der Waals surface area contributed by atoms with E-state index in [9.17, 15) is 9.90 Å². The molecule has 0 saturated carbocycles. The van der Waals surface area contributed by atoms with Crippen LogP contribution in [0.1, 0.15) is 42.5 Å². The zero-order chi connectivity index (χ0) is 22.5. The first-order chi connectivity index (χ1) is 14.8. The van der Waals surface area contributed by atoms with Crippen LogP contribution in [0.3, 0.4) is 0 Å². The molecule has 2 aromatic rings. The van der Waals surface area contributed by atoms with Gasteiger partial charge < -0.3 is 20.1 Å². The minimum absolute atomic E-state index is 0.0861. The minimum Gasteiger partial charge on any atom is -0.396 e. The highest BCUT2D eigenvalue weighted by atomic mass is 35.5. The summed E-state index contributed by atoms with van der Waals surface area (Å²) < 4.78 is 5.49. The van der Waals surface area contributed by atoms with Gasteiger partial charge in [0.05, 0.1) is 34.4 Å². The first-order valence-electron chi connectivity index (χ1n) is 10.3. The van der Waals surface area contributed by atoms with E-state index in [1.54, 1.807) is 24.1 Å². The Bertz CT molecular complexity index is 928. The maximum atomic E-state index is 13.1. The summed E-state index contributed by atoms with van der Waals surface area (Å²) in [6.45, 7) is 4.90. The lowest BCUT2D eigenvalue weighted by Crippen LogP contribution is -2.46. The van der Waals surface area contributed by atoms with Crippen LogP contribution in [0.5, 0.6) is 0 Å². The topological polar surface area (TPSA) is 87.6 Å². The maximum Gasteiger partial charge on any atom is 0.318 e. The van der Waals surface area contributed by atoms with E-state index in [1.807, 2.05) is 26.1 Å². The fourth-order valence-corrected chi connectivity index (χ4v) is 3.84. The number of methoxy groups -OCH3 is 1. The van der Waals surface area contributed by atoms with Crippen LogP contribution in [0.4, 0.5) is 4.79 Å². The van der Waals surface area contributed by atoms with Crippen molar-refractivity contribution in [2.24, 2.45) is 5.92 Å². The number of fused-ring (bicyclic) bond motifs is 1. The molecular weight excluding hydrogens is 439 g/mol. The number of carbonyl (C=O) groups is 1. The number of urea groups is 1. The van der Waals surface area contributed by atoms with Crippen molar-refractivity contribution in [3.63, 3.8) is 0 Å². The molecule has 3 atom stereocenters. The number of aromatic nitrogens is 2. The number of carbonyl (C=O) groups excluding carboxylic acids is 1. The summed E-state index contributed by atoms with van der Waals surface area (Å²) >= 11 is 12.2. The largest absolute Gasteiger partial charge is 0.396 e. The van der Waals surface area contributed by atoms with E-state index in [2.05, 4.69) is 15.3 Å². The van der Waals surface area contributed by atoms with E-state index in [0.717, 1.165) is 16.8 Å². The lowest BCUT2D eigenvalue weighted by atomic mass is 10.0. The molecule has 0 saturated heterocycles. The van der Waals surface area contributed by atoms with Gasteiger partial charge in [-0.1, -0.05) is 36.2 Å². The molecule has 0 radical (unpaired) electrons. The standard InChI is InChI=1S/C22H28Cl2N4O3/c1-13(12-29)8-20-25-10-16-6-7-28(11-19(16)26-20)22(30)27-21(14(2)31-3)15-4-5-17(23)18(24)9-15/h4-5,9-10,13-14,21,29H,6-8,11-12H2,1-3H3,(H,27,30)/t13-,14-,21-/m1/s1. The molecule has 2 amide bonds. The van der Waals surface area contributed by atoms with Crippen molar-refractivity contribution < 1.29 is 14.6 Å². The van der Waals surface area contributed by atoms with Crippen LogP contribution in [0.25, 0.3) is 0 Å². The smallest absolute Gasteiger partial charge is 0.318 e. The second kappa shape index (κ2) is 10.6. The van der Waals surface area contributed by atoms with E-state index < -0.39 is 0 Å². The van der Waals surface area contributed by atoms with Gasteiger partial charge in [-0.05, 0) is 42.5 Å². The second-order valence-corrected chi connectivity index (χ2v) is 8.78. The van der Waals surface area contributed by atoms with Crippen molar-refractivity contribution in [3.05, 3.63) is 57.1 Å². The molecular formula is C22H28Cl2N4O3. The Morgan fingerprint density at radius 3 is 2.77 bits per heavy atom. The van der Waals surface area contributed by atoms with Gasteiger partial charge in [0.25, 0.3) is 0 Å². The lowest BCUT2D eigenvalue weighted by Gasteiger charge is -2.32. The molecule has 0 spiro atoms. The highest BCUT2D eigenvalue weighted by molar-refractivity contribution is 6.42. The van der Waals surface area contributed by atoms with Crippen molar-refractivity contribution in [1.29, 1.82) is 0 Å². The third-order valence-corrected chi connectivity index (χ3v) is 6.29. The molecule has 0 aliphatic carbocycles. The van der Waals surface area contributed by atoms with Gasteiger partial charge in [-0.3, -0.25) is 0 Å². The molecule has 1 aliphatic heterocycles. The van der Waals surface area contributed by atoms with Crippen LogP contribution in [0.2, 0.25) is 10.0 Å². The van der Waals surface area contributed by atoms with Crippen LogP contribution in [-0.4, -0.2) is 52.4 Å². The van der Waals surface area contributed by atoms with Crippen molar-refractivity contribution in [2.45, 2.75) is 45.4 Å². The molecule has 1 aromatic heterocycles. The van der Waals surface area contributed by atoms with Crippen LogP contribution in [0.15, 0.2) is 24.4 Å². The number of halogens is 2. The number of benzene rings is 1. The number of nitrogens with zero attached hydrogens (tertiary/aromatic N) is 3. The SMILES string of the molecule is CO[C@H](C)[C@@H](NC(=O)N1CCc2cnc(C[C@@H](C)CO)nc2C1)c1ccc(Cl)c(Cl)c1. The van der Waals surface area contributed by atoms with Crippen LogP contribution < -0.4 is 5.32 Å². The third-order valence-electron chi connectivity index (χ3n) is 5.55. The molecule has 7 nitrogen and oxygen atoms in total. The minimum atomic E-state index is -0.389. The molecule has 3 rings (SSSR count). The number of amides is 2. The maximum absolute atomic E-state index is 13.1. The van der Waals surface area contributed by atoms with Crippen molar-refractivity contribution in [3.8, 4) is 0 Å². The van der Waals surface area contributed by atoms with Crippen molar-refractivity contribution in [2.75, 3.05) is 20.3 Å². The summed E-state index contributed by atoms with van der Waals surface area (Å²) in [6.07, 6.45) is 2.85. The Hall–Kier alpha value is -1.93. The van der Waals surface area contributed by atoms with Crippen LogP contribution in [-0.2, 0) is 24.1 Å². The summed E-state index contributed by atoms with van der Waals surface area (Å²) in [7, 11) is 1.60. The van der Waals surface area contributed by atoms with Crippen LogP contribution in [0, 0.1) is 5.92 Å². The molecule has 2 N–H and O–H groups in total. The number of hydrogen-bond acceptors (Lipinski definition) is 5. The number of aliphatic hydroxyl groups is 1. The molecule has 9 heteroatoms. The predicted molar refractivity (Wildman–Crippen MR) is 120 cm³/mol. The van der Waals surface area contributed by atoms with E-state index in [1.165, 1.54) is 0 Å². The molecule has 0 fully saturated rings. The van der Waals surface area contributed by atoms with Gasteiger partial charge in [0, 0.05) is 32.9 Å². The monoisotopic (exact) mass is 466 g/mol. The van der Waals surface area contributed by atoms with E-state index in [-0.39, 0.29) is 30.7 Å². The summed E-state index contributed by atoms with van der Waals surface area (Å²) in [5.41, 5.74) is 2.72. The summed E-state index contributed by atoms with van der Waals surface area (Å²) in [4.78, 5) is 23.9. The van der Waals surface area contributed by atoms with Gasteiger partial charge in [-0.25, -0.2) is 14.8 Å². The molecule has 0 bridgehead atoms. The summed E-state index contributed by atoms with van der Waals surface area (Å²) in [6, 6.07) is 4.71. The van der Waals surface area contributed by atoms with Crippen molar-refractivity contribution >= 4 is 29.2 Å². The zero-order valence-electron chi connectivity index (χ0n) is 17.9. The third kappa shape index (κ3) is 5.86. The highest BCUT2D eigenvalue weighted by Crippen LogP contribution is 2.28. The molecule has 2 heterocycles. The van der Waals surface area contributed by atoms with E-state index in [0.29, 0.717) is 41.8 Å². The first-order valence-corrected chi connectivity index (χ1v) is 11.1. The average molecular weight is 467 g/mol. The number of ether oxygens (including phenoxy) is 1. The van der Waals surface area contributed by atoms with Gasteiger partial charge in [0.1, 0.15) is 5.82 Å². The highest BCUT2D eigenvalue weighted by Gasteiger charge is 2.27. The molecule has 1 aromatic carbocycles. The van der Waals surface area contributed by atoms with E-state index in [4.69, 9.17) is 27.9 Å². The summed E-state index contributed by atoms with van der Waals surface area (Å²) in [5.74, 6) is 0.771. The fourth-order valence-electron chi connectivity index (χ4n) is 3.53. The number of nitrogens with one attached hydrogen (secondary N) is 1. The first kappa shape index (κ1) is 23.7. The lowest BCUT2D eigenvalue weighted by molar-refractivity contribution is 0.0819. The Morgan fingerprint density at radius 1 is 1.32 bits per heavy atom. The Balaban J connectivity index is 1.74. The Morgan fingerprint density at radius 2 is 2.10 bits per heavy atom. The number of hydrogen-bond donors (Lipinski definition) is 2. The predicted octanol–water partition coefficient (Wildman–Crippen LogP) is 3.80. The fraction of sp³-hybridized carbons (Fsp3) is 0.500. The van der Waals surface area contributed by atoms with E-state index >= 15 is 0 Å². The molecule has 168 valence electrons. The average Bonchev–Trinajstić information content (AvgIpc) is 2.78. The van der Waals surface area contributed by atoms with Gasteiger partial charge in [0.15, 0.2) is 0 Å². The zero-order valence-corrected chi connectivity index (χ0v) is 19.5. The number of rotatable bonds is 7. The quantitative estimate of drug-likeness (QED) is 0.647. The second-order valence-electron chi connectivity index (χ2n) is 7.96. The molecule has 1 aliphatic rings. The van der Waals surface area contributed by atoms with Crippen molar-refractivity contribution in [1.82, 2.24) is 20.2 Å². The number of aliphatic hydroxyl groups excluding tert-OH is 1. The van der Waals surface area contributed by atoms with Gasteiger partial charge in [0.2, 0.25) is 0 Å². The van der Waals surface area contributed by atoms with Gasteiger partial charge in [-0.2, -0.15) is 0 Å². The summed E-state index contributed by atoms with van der Waals surface area (Å²) in [5, 5.41) is 13.2. The molecule has 31 heavy (non-hydrogen) atoms. The van der Waals surface area contributed by atoms with Gasteiger partial charge >= 0.3 is 6.03 Å². The Kier molecular flexibility index (Phi) is 8.11. The van der Waals surface area contributed by atoms with Crippen LogP contribution >= 0.6 is 23.2 Å². The normalized spacial score (nSPS) is 16.4.